The lowest BCUT2D eigenvalue weighted by atomic mass is 10.2. The van der Waals surface area contributed by atoms with E-state index >= 15 is 0 Å². The molecule has 0 bridgehead atoms. The molecule has 3 nitrogen and oxygen atoms in total. The van der Waals surface area contributed by atoms with Crippen LogP contribution in [-0.2, 0) is 11.3 Å². The van der Waals surface area contributed by atoms with Crippen LogP contribution in [0.5, 0.6) is 0 Å². The molecular weight excluding hydrogens is 325 g/mol. The number of methoxy groups -OCH3 is 1. The molecule has 0 fully saturated rings. The van der Waals surface area contributed by atoms with Crippen molar-refractivity contribution in [3.05, 3.63) is 57.1 Å². The lowest BCUT2D eigenvalue weighted by molar-refractivity contribution is 0.0599. The zero-order valence-corrected chi connectivity index (χ0v) is 13.1. The lowest BCUT2D eigenvalue weighted by Gasteiger charge is -2.09. The number of aromatic nitrogens is 1. The maximum absolute atomic E-state index is 12.9. The van der Waals surface area contributed by atoms with Gasteiger partial charge in [-0.25, -0.2) is 9.18 Å². The van der Waals surface area contributed by atoms with Gasteiger partial charge >= 0.3 is 5.97 Å². The Hall–Kier alpha value is -1.62. The van der Waals surface area contributed by atoms with Crippen molar-refractivity contribution in [1.82, 2.24) is 4.57 Å². The van der Waals surface area contributed by atoms with E-state index in [-0.39, 0.29) is 11.8 Å². The van der Waals surface area contributed by atoms with E-state index in [1.807, 2.05) is 18.4 Å². The van der Waals surface area contributed by atoms with Gasteiger partial charge in [0.1, 0.15) is 5.82 Å². The zero-order chi connectivity index (χ0) is 14.9. The number of halogens is 2. The van der Waals surface area contributed by atoms with Crippen molar-refractivity contribution in [1.29, 1.82) is 0 Å². The van der Waals surface area contributed by atoms with Gasteiger partial charge in [-0.3, -0.25) is 0 Å². The number of hydrogen-bond acceptors (Lipinski definition) is 2. The molecule has 0 saturated carbocycles. The molecule has 1 aromatic carbocycles. The average molecular weight is 340 g/mol. The fourth-order valence-corrected chi connectivity index (χ4v) is 2.86. The third-order valence-electron chi connectivity index (χ3n) is 3.35. The zero-order valence-electron chi connectivity index (χ0n) is 11.5. The molecule has 1 aromatic heterocycles. The maximum Gasteiger partial charge on any atom is 0.340 e. The van der Waals surface area contributed by atoms with Gasteiger partial charge < -0.3 is 9.30 Å². The Kier molecular flexibility index (Phi) is 4.28. The fourth-order valence-electron chi connectivity index (χ4n) is 2.19. The van der Waals surface area contributed by atoms with Crippen molar-refractivity contribution in [2.75, 3.05) is 7.11 Å². The first kappa shape index (κ1) is 14.8. The molecule has 5 heteroatoms. The molecule has 20 heavy (non-hydrogen) atoms. The summed E-state index contributed by atoms with van der Waals surface area (Å²) in [6.45, 7) is 4.37. The highest BCUT2D eigenvalue weighted by atomic mass is 79.9. The van der Waals surface area contributed by atoms with Gasteiger partial charge in [0.05, 0.1) is 17.1 Å². The number of hydrogen-bond donors (Lipinski definition) is 0. The topological polar surface area (TPSA) is 31.2 Å². The second kappa shape index (κ2) is 5.79. The first-order valence-electron chi connectivity index (χ1n) is 6.13. The number of ether oxygens (including phenoxy) is 1. The van der Waals surface area contributed by atoms with Crippen LogP contribution in [0.1, 0.15) is 27.3 Å². The Balaban J connectivity index is 2.42. The van der Waals surface area contributed by atoms with Gasteiger partial charge in [0.15, 0.2) is 0 Å². The van der Waals surface area contributed by atoms with Crippen LogP contribution in [0.15, 0.2) is 28.7 Å². The summed E-state index contributed by atoms with van der Waals surface area (Å²) >= 11 is 3.44. The highest BCUT2D eigenvalue weighted by molar-refractivity contribution is 9.10. The summed E-state index contributed by atoms with van der Waals surface area (Å²) < 4.78 is 20.5. The molecule has 0 aliphatic heterocycles. The summed E-state index contributed by atoms with van der Waals surface area (Å²) in [6.07, 6.45) is 0. The lowest BCUT2D eigenvalue weighted by Crippen LogP contribution is -2.07. The normalized spacial score (nSPS) is 10.7. The molecule has 0 aliphatic carbocycles. The third-order valence-corrected chi connectivity index (χ3v) is 4.32. The van der Waals surface area contributed by atoms with Crippen molar-refractivity contribution in [3.63, 3.8) is 0 Å². The van der Waals surface area contributed by atoms with Gasteiger partial charge in [0, 0.05) is 17.9 Å². The minimum absolute atomic E-state index is 0.258. The van der Waals surface area contributed by atoms with Crippen LogP contribution in [0.4, 0.5) is 4.39 Å². The first-order chi connectivity index (χ1) is 9.45. The molecule has 0 atom stereocenters. The number of carbonyl (C=O) groups excluding carboxylic acids is 1. The molecule has 106 valence electrons. The average Bonchev–Trinajstić information content (AvgIpc) is 2.64. The van der Waals surface area contributed by atoms with Gasteiger partial charge in [0.25, 0.3) is 0 Å². The summed E-state index contributed by atoms with van der Waals surface area (Å²) in [5.74, 6) is -0.624. The van der Waals surface area contributed by atoms with Crippen LogP contribution in [0.25, 0.3) is 0 Å². The minimum Gasteiger partial charge on any atom is -0.465 e. The molecular formula is C15H15BrFNO2. The van der Waals surface area contributed by atoms with E-state index in [0.717, 1.165) is 21.4 Å². The summed E-state index contributed by atoms with van der Waals surface area (Å²) in [7, 11) is 1.36. The molecule has 2 rings (SSSR count). The number of nitrogens with zero attached hydrogens (tertiary/aromatic N) is 1. The fraction of sp³-hybridized carbons (Fsp3) is 0.267. The molecule has 0 aliphatic rings. The monoisotopic (exact) mass is 339 g/mol. The first-order valence-corrected chi connectivity index (χ1v) is 6.93. The van der Waals surface area contributed by atoms with E-state index in [0.29, 0.717) is 12.1 Å². The van der Waals surface area contributed by atoms with Gasteiger partial charge in [0.2, 0.25) is 0 Å². The maximum atomic E-state index is 12.9. The predicted octanol–water partition coefficient (Wildman–Crippen LogP) is 3.84. The number of carbonyl (C=O) groups is 1. The summed E-state index contributed by atoms with van der Waals surface area (Å²) in [6, 6.07) is 6.33. The van der Waals surface area contributed by atoms with Crippen LogP contribution >= 0.6 is 15.9 Å². The number of rotatable bonds is 3. The minimum atomic E-state index is -0.365. The SMILES string of the molecule is COC(=O)c1c(Br)c(C)n(Cc2ccc(F)cc2)c1C. The van der Waals surface area contributed by atoms with E-state index in [9.17, 15) is 9.18 Å². The van der Waals surface area contributed by atoms with Crippen LogP contribution in [-0.4, -0.2) is 17.6 Å². The smallest absolute Gasteiger partial charge is 0.340 e. The Labute approximate surface area is 125 Å². The second-order valence-electron chi connectivity index (χ2n) is 4.56. The molecule has 0 spiro atoms. The van der Waals surface area contributed by atoms with E-state index in [1.165, 1.54) is 19.2 Å². The van der Waals surface area contributed by atoms with Crippen LogP contribution in [0.2, 0.25) is 0 Å². The molecule has 0 radical (unpaired) electrons. The van der Waals surface area contributed by atoms with Gasteiger partial charge in [-0.1, -0.05) is 12.1 Å². The Morgan fingerprint density at radius 2 is 1.85 bits per heavy atom. The largest absolute Gasteiger partial charge is 0.465 e. The van der Waals surface area contributed by atoms with Gasteiger partial charge in [-0.05, 0) is 47.5 Å². The Morgan fingerprint density at radius 1 is 1.25 bits per heavy atom. The van der Waals surface area contributed by atoms with Crippen LogP contribution < -0.4 is 0 Å². The van der Waals surface area contributed by atoms with E-state index in [1.54, 1.807) is 12.1 Å². The van der Waals surface area contributed by atoms with Crippen molar-refractivity contribution in [3.8, 4) is 0 Å². The molecule has 0 amide bonds. The molecule has 2 aromatic rings. The van der Waals surface area contributed by atoms with Gasteiger partial charge in [-0.15, -0.1) is 0 Å². The third kappa shape index (κ3) is 2.63. The van der Waals surface area contributed by atoms with Gasteiger partial charge in [-0.2, -0.15) is 0 Å². The Morgan fingerprint density at radius 3 is 2.40 bits per heavy atom. The van der Waals surface area contributed by atoms with Crippen molar-refractivity contribution < 1.29 is 13.9 Å². The van der Waals surface area contributed by atoms with Crippen LogP contribution in [0, 0.1) is 19.7 Å². The standard InChI is InChI=1S/C15H15BrFNO2/c1-9-13(15(19)20-3)14(16)10(2)18(9)8-11-4-6-12(17)7-5-11/h4-7H,8H2,1-3H3. The molecule has 1 heterocycles. The second-order valence-corrected chi connectivity index (χ2v) is 5.36. The van der Waals surface area contributed by atoms with E-state index in [4.69, 9.17) is 4.74 Å². The Bertz CT molecular complexity index is 647. The summed E-state index contributed by atoms with van der Waals surface area (Å²) in [5.41, 5.74) is 3.27. The van der Waals surface area contributed by atoms with E-state index < -0.39 is 0 Å². The number of benzene rings is 1. The molecule has 0 saturated heterocycles. The van der Waals surface area contributed by atoms with E-state index in [2.05, 4.69) is 15.9 Å². The van der Waals surface area contributed by atoms with Crippen LogP contribution in [0.3, 0.4) is 0 Å². The van der Waals surface area contributed by atoms with Crippen molar-refractivity contribution >= 4 is 21.9 Å². The quantitative estimate of drug-likeness (QED) is 0.795. The van der Waals surface area contributed by atoms with Crippen molar-refractivity contribution in [2.24, 2.45) is 0 Å². The van der Waals surface area contributed by atoms with Crippen molar-refractivity contribution in [2.45, 2.75) is 20.4 Å². The predicted molar refractivity (Wildman–Crippen MR) is 78.4 cm³/mol. The summed E-state index contributed by atoms with van der Waals surface area (Å²) in [4.78, 5) is 11.8. The molecule has 0 unspecified atom stereocenters. The summed E-state index contributed by atoms with van der Waals surface area (Å²) in [5, 5.41) is 0. The highest BCUT2D eigenvalue weighted by Crippen LogP contribution is 2.29. The highest BCUT2D eigenvalue weighted by Gasteiger charge is 2.22. The molecule has 0 N–H and O–H groups in total. The number of esters is 1.